The van der Waals surface area contributed by atoms with E-state index in [2.05, 4.69) is 13.8 Å². The van der Waals surface area contributed by atoms with Crippen LogP contribution in [-0.2, 0) is 4.79 Å². The fourth-order valence-corrected chi connectivity index (χ4v) is 0.949. The summed E-state index contributed by atoms with van der Waals surface area (Å²) >= 11 is 0. The molecule has 40 valence electrons. The number of carbonyl (C=O) groups is 1. The Morgan fingerprint density at radius 3 is 1.71 bits per heavy atom. The van der Waals surface area contributed by atoms with Crippen molar-refractivity contribution in [3.05, 3.63) is 0 Å². The number of carbonyl (C=O) groups excluding carboxylic acids is 1. The van der Waals surface area contributed by atoms with Crippen molar-refractivity contribution in [1.82, 2.24) is 0 Å². The molecule has 1 saturated carbocycles. The summed E-state index contributed by atoms with van der Waals surface area (Å²) in [6, 6.07) is 0. The molecule has 2 atom stereocenters. The van der Waals surface area contributed by atoms with Crippen LogP contribution in [0.4, 0.5) is 0 Å². The van der Waals surface area contributed by atoms with Crippen molar-refractivity contribution in [1.29, 1.82) is 0 Å². The van der Waals surface area contributed by atoms with E-state index in [9.17, 15) is 4.79 Å². The van der Waals surface area contributed by atoms with Crippen LogP contribution in [0.25, 0.3) is 0 Å². The molecule has 0 radical (unpaired) electrons. The van der Waals surface area contributed by atoms with Crippen LogP contribution < -0.4 is 0 Å². The molecule has 0 spiro atoms. The van der Waals surface area contributed by atoms with Crippen molar-refractivity contribution in [3.8, 4) is 0 Å². The second kappa shape index (κ2) is 1.32. The topological polar surface area (TPSA) is 17.1 Å². The van der Waals surface area contributed by atoms with Gasteiger partial charge < -0.3 is 4.79 Å². The molecule has 1 aliphatic carbocycles. The van der Waals surface area contributed by atoms with E-state index in [1.54, 1.807) is 0 Å². The third-order valence-electron chi connectivity index (χ3n) is 2.06. The standard InChI is InChI=1S/C6H10O/c1-4-5(2)6(4)3-7/h3-6H,1-2H3/t4-,5-/m1/s1. The molecule has 0 unspecified atom stereocenters. The molecule has 1 nitrogen and oxygen atoms in total. The highest BCUT2D eigenvalue weighted by atomic mass is 16.1. The molecular weight excluding hydrogens is 88.1 g/mol. The Balaban J connectivity index is 2.37. The summed E-state index contributed by atoms with van der Waals surface area (Å²) in [5.41, 5.74) is 0. The molecule has 0 aromatic carbocycles. The van der Waals surface area contributed by atoms with Crippen molar-refractivity contribution < 1.29 is 4.79 Å². The van der Waals surface area contributed by atoms with E-state index in [4.69, 9.17) is 0 Å². The van der Waals surface area contributed by atoms with Gasteiger partial charge in [0.1, 0.15) is 6.29 Å². The quantitative estimate of drug-likeness (QED) is 0.448. The van der Waals surface area contributed by atoms with Gasteiger partial charge in [-0.2, -0.15) is 0 Å². The third kappa shape index (κ3) is 0.561. The normalized spacial score (nSPS) is 48.6. The second-order valence-corrected chi connectivity index (χ2v) is 2.43. The summed E-state index contributed by atoms with van der Waals surface area (Å²) < 4.78 is 0. The Labute approximate surface area is 43.7 Å². The van der Waals surface area contributed by atoms with E-state index in [0.717, 1.165) is 6.29 Å². The molecule has 1 heteroatoms. The SMILES string of the molecule is C[C@H]1C(C=O)[C@@H]1C. The number of rotatable bonds is 1. The average molecular weight is 98.1 g/mol. The number of aldehydes is 1. The molecule has 0 aromatic rings. The molecule has 0 amide bonds. The summed E-state index contributed by atoms with van der Waals surface area (Å²) in [6.07, 6.45) is 1.06. The van der Waals surface area contributed by atoms with Crippen molar-refractivity contribution in [2.24, 2.45) is 17.8 Å². The van der Waals surface area contributed by atoms with Gasteiger partial charge in [0.15, 0.2) is 0 Å². The molecule has 0 bridgehead atoms. The zero-order chi connectivity index (χ0) is 5.44. The molecular formula is C6H10O. The molecule has 0 N–H and O–H groups in total. The molecule has 0 heterocycles. The Kier molecular flexibility index (Phi) is 0.911. The van der Waals surface area contributed by atoms with Crippen molar-refractivity contribution in [2.45, 2.75) is 13.8 Å². The monoisotopic (exact) mass is 98.1 g/mol. The van der Waals surface area contributed by atoms with Gasteiger partial charge in [0, 0.05) is 5.92 Å². The van der Waals surface area contributed by atoms with E-state index in [0.29, 0.717) is 17.8 Å². The van der Waals surface area contributed by atoms with Gasteiger partial charge >= 0.3 is 0 Å². The Hall–Kier alpha value is -0.330. The van der Waals surface area contributed by atoms with Crippen LogP contribution in [0.5, 0.6) is 0 Å². The Morgan fingerprint density at radius 2 is 1.71 bits per heavy atom. The highest BCUT2D eigenvalue weighted by Crippen LogP contribution is 2.43. The molecule has 7 heavy (non-hydrogen) atoms. The van der Waals surface area contributed by atoms with Crippen LogP contribution in [-0.4, -0.2) is 6.29 Å². The Bertz CT molecular complexity index is 80.2. The maximum atomic E-state index is 9.99. The first-order valence-electron chi connectivity index (χ1n) is 2.72. The zero-order valence-corrected chi connectivity index (χ0v) is 4.72. The first-order chi connectivity index (χ1) is 3.27. The van der Waals surface area contributed by atoms with Gasteiger partial charge in [0.2, 0.25) is 0 Å². The molecule has 1 rings (SSSR count). The van der Waals surface area contributed by atoms with Gasteiger partial charge in [-0.1, -0.05) is 13.8 Å². The summed E-state index contributed by atoms with van der Waals surface area (Å²) in [7, 11) is 0. The lowest BCUT2D eigenvalue weighted by molar-refractivity contribution is -0.109. The average Bonchev–Trinajstić information content (AvgIpc) is 2.17. The fraction of sp³-hybridized carbons (Fsp3) is 0.833. The van der Waals surface area contributed by atoms with E-state index < -0.39 is 0 Å². The molecule has 0 saturated heterocycles. The van der Waals surface area contributed by atoms with Crippen LogP contribution in [0.3, 0.4) is 0 Å². The van der Waals surface area contributed by atoms with Crippen LogP contribution >= 0.6 is 0 Å². The maximum Gasteiger partial charge on any atom is 0.123 e. The maximum absolute atomic E-state index is 9.99. The van der Waals surface area contributed by atoms with Crippen LogP contribution in [0.15, 0.2) is 0 Å². The van der Waals surface area contributed by atoms with Gasteiger partial charge in [-0.3, -0.25) is 0 Å². The van der Waals surface area contributed by atoms with Gasteiger partial charge in [0.25, 0.3) is 0 Å². The lowest BCUT2D eigenvalue weighted by Crippen LogP contribution is -1.75. The Morgan fingerprint density at radius 1 is 1.29 bits per heavy atom. The van der Waals surface area contributed by atoms with E-state index >= 15 is 0 Å². The van der Waals surface area contributed by atoms with Gasteiger partial charge in [-0.15, -0.1) is 0 Å². The minimum atomic E-state index is 0.389. The first-order valence-corrected chi connectivity index (χ1v) is 2.72. The summed E-state index contributed by atoms with van der Waals surface area (Å²) in [5.74, 6) is 1.72. The first kappa shape index (κ1) is 4.82. The summed E-state index contributed by atoms with van der Waals surface area (Å²) in [6.45, 7) is 4.23. The zero-order valence-electron chi connectivity index (χ0n) is 4.72. The van der Waals surface area contributed by atoms with E-state index in [1.165, 1.54) is 0 Å². The minimum absolute atomic E-state index is 0.389. The van der Waals surface area contributed by atoms with Crippen LogP contribution in [0.1, 0.15) is 13.8 Å². The second-order valence-electron chi connectivity index (χ2n) is 2.43. The predicted octanol–water partition coefficient (Wildman–Crippen LogP) is 1.09. The highest BCUT2D eigenvalue weighted by molar-refractivity contribution is 5.58. The molecule has 0 aromatic heterocycles. The predicted molar refractivity (Wildman–Crippen MR) is 27.9 cm³/mol. The summed E-state index contributed by atoms with van der Waals surface area (Å²) in [5, 5.41) is 0. The van der Waals surface area contributed by atoms with Gasteiger partial charge in [-0.25, -0.2) is 0 Å². The number of hydrogen-bond acceptors (Lipinski definition) is 1. The lowest BCUT2D eigenvalue weighted by Gasteiger charge is -1.67. The van der Waals surface area contributed by atoms with Crippen LogP contribution in [0.2, 0.25) is 0 Å². The molecule has 1 aliphatic rings. The van der Waals surface area contributed by atoms with Crippen molar-refractivity contribution in [3.63, 3.8) is 0 Å². The van der Waals surface area contributed by atoms with Gasteiger partial charge in [-0.05, 0) is 11.8 Å². The molecule has 0 aliphatic heterocycles. The van der Waals surface area contributed by atoms with E-state index in [1.807, 2.05) is 0 Å². The smallest absolute Gasteiger partial charge is 0.123 e. The highest BCUT2D eigenvalue weighted by Gasteiger charge is 2.42. The number of hydrogen-bond donors (Lipinski definition) is 0. The lowest BCUT2D eigenvalue weighted by atomic mass is 10.4. The van der Waals surface area contributed by atoms with E-state index in [-0.39, 0.29) is 0 Å². The van der Waals surface area contributed by atoms with Crippen molar-refractivity contribution in [2.75, 3.05) is 0 Å². The van der Waals surface area contributed by atoms with Crippen molar-refractivity contribution >= 4 is 6.29 Å². The largest absolute Gasteiger partial charge is 0.303 e. The van der Waals surface area contributed by atoms with Gasteiger partial charge in [0.05, 0.1) is 0 Å². The minimum Gasteiger partial charge on any atom is -0.303 e. The molecule has 1 fully saturated rings. The summed E-state index contributed by atoms with van der Waals surface area (Å²) in [4.78, 5) is 9.99. The fourth-order valence-electron chi connectivity index (χ4n) is 0.949. The third-order valence-corrected chi connectivity index (χ3v) is 2.06. The van der Waals surface area contributed by atoms with Crippen LogP contribution in [0, 0.1) is 17.8 Å².